The summed E-state index contributed by atoms with van der Waals surface area (Å²) >= 11 is 0. The van der Waals surface area contributed by atoms with Crippen LogP contribution in [0, 0.1) is 0 Å². The van der Waals surface area contributed by atoms with E-state index in [0.29, 0.717) is 0 Å². The molecule has 0 amide bonds. The minimum atomic E-state index is -0.833. The summed E-state index contributed by atoms with van der Waals surface area (Å²) in [5.41, 5.74) is 0. The maximum Gasteiger partial charge on any atom is 0.300 e. The van der Waals surface area contributed by atoms with E-state index in [1.807, 2.05) is 0 Å². The molecule has 0 radical (unpaired) electrons. The first-order chi connectivity index (χ1) is 3.46. The maximum absolute atomic E-state index is 9.00. The third-order valence-electron chi connectivity index (χ3n) is 0. The van der Waals surface area contributed by atoms with Gasteiger partial charge in [0.2, 0.25) is 0 Å². The Morgan fingerprint density at radius 1 is 1.00 bits per heavy atom. The number of aliphatic carboxylic acids is 2. The Balaban J connectivity index is -0.0000000300. The van der Waals surface area contributed by atoms with Gasteiger partial charge in [-0.1, -0.05) is 0 Å². The molecule has 0 atom stereocenters. The van der Waals surface area contributed by atoms with Gasteiger partial charge in [0, 0.05) is 30.9 Å². The molecule has 0 rings (SSSR count). The van der Waals surface area contributed by atoms with Crippen LogP contribution in [0.4, 0.5) is 0 Å². The van der Waals surface area contributed by atoms with Gasteiger partial charge in [-0.2, -0.15) is 0 Å². The molecule has 0 aromatic carbocycles. The van der Waals surface area contributed by atoms with Crippen molar-refractivity contribution in [2.45, 2.75) is 13.8 Å². The van der Waals surface area contributed by atoms with Crippen molar-refractivity contribution >= 4 is 11.9 Å². The van der Waals surface area contributed by atoms with Crippen LogP contribution < -0.4 is 0 Å². The minimum absolute atomic E-state index is 0. The van der Waals surface area contributed by atoms with Crippen molar-refractivity contribution in [2.24, 2.45) is 0 Å². The Kier molecular flexibility index (Phi) is 35.9. The van der Waals surface area contributed by atoms with Gasteiger partial charge in [-0.05, 0) is 0 Å². The smallest absolute Gasteiger partial charge is 0.300 e. The SMILES string of the molecule is CC(=O)O.CC(=O)O.O.[Fe]. The standard InChI is InChI=1S/2C2H4O2.Fe.H2O/c2*1-2(3)4;;/h2*1H3,(H,3,4);;1H2. The number of hydrogen-bond donors (Lipinski definition) is 2. The fraction of sp³-hybridized carbons (Fsp3) is 0.500. The van der Waals surface area contributed by atoms with Crippen molar-refractivity contribution < 1.29 is 42.3 Å². The second kappa shape index (κ2) is 15.8. The van der Waals surface area contributed by atoms with E-state index in [9.17, 15) is 0 Å². The molecule has 0 heterocycles. The van der Waals surface area contributed by atoms with E-state index in [4.69, 9.17) is 19.8 Å². The molecule has 0 aliphatic heterocycles. The van der Waals surface area contributed by atoms with Crippen LogP contribution in [-0.4, -0.2) is 27.6 Å². The van der Waals surface area contributed by atoms with Crippen LogP contribution in [0.15, 0.2) is 0 Å². The van der Waals surface area contributed by atoms with Gasteiger partial charge in [0.15, 0.2) is 0 Å². The quantitative estimate of drug-likeness (QED) is 0.499. The molecular formula is C4H10FeO5. The third kappa shape index (κ3) is 907. The molecule has 0 saturated heterocycles. The summed E-state index contributed by atoms with van der Waals surface area (Å²) in [5, 5.41) is 14.8. The van der Waals surface area contributed by atoms with Crippen molar-refractivity contribution in [1.29, 1.82) is 0 Å². The molecular weight excluding hydrogens is 184 g/mol. The monoisotopic (exact) mass is 194 g/mol. The Bertz CT molecular complexity index is 71.6. The van der Waals surface area contributed by atoms with Gasteiger partial charge in [0.1, 0.15) is 0 Å². The summed E-state index contributed by atoms with van der Waals surface area (Å²) < 4.78 is 0. The van der Waals surface area contributed by atoms with Crippen LogP contribution in [0.2, 0.25) is 0 Å². The summed E-state index contributed by atoms with van der Waals surface area (Å²) in [4.78, 5) is 18.0. The van der Waals surface area contributed by atoms with E-state index < -0.39 is 11.9 Å². The zero-order valence-electron chi connectivity index (χ0n) is 5.56. The molecule has 0 aromatic heterocycles. The van der Waals surface area contributed by atoms with Crippen molar-refractivity contribution in [2.75, 3.05) is 0 Å². The van der Waals surface area contributed by atoms with E-state index in [1.54, 1.807) is 0 Å². The van der Waals surface area contributed by atoms with Gasteiger partial charge in [0.25, 0.3) is 11.9 Å². The number of carboxylic acids is 2. The van der Waals surface area contributed by atoms with Crippen LogP contribution in [0.3, 0.4) is 0 Å². The normalized spacial score (nSPS) is 5.00. The fourth-order valence-electron chi connectivity index (χ4n) is 0. The van der Waals surface area contributed by atoms with Gasteiger partial charge < -0.3 is 15.7 Å². The van der Waals surface area contributed by atoms with Crippen LogP contribution in [0.5, 0.6) is 0 Å². The van der Waals surface area contributed by atoms with Crippen LogP contribution in [-0.2, 0) is 26.7 Å². The van der Waals surface area contributed by atoms with Crippen molar-refractivity contribution in [1.82, 2.24) is 0 Å². The minimum Gasteiger partial charge on any atom is -0.481 e. The number of rotatable bonds is 0. The van der Waals surface area contributed by atoms with E-state index in [-0.39, 0.29) is 22.5 Å². The molecule has 6 heteroatoms. The van der Waals surface area contributed by atoms with E-state index in [1.165, 1.54) is 0 Å². The van der Waals surface area contributed by atoms with Gasteiger partial charge in [-0.25, -0.2) is 0 Å². The average Bonchev–Trinajstić information content (AvgIpc) is 1.25. The number of hydrogen-bond acceptors (Lipinski definition) is 2. The molecule has 0 unspecified atom stereocenters. The summed E-state index contributed by atoms with van der Waals surface area (Å²) in [7, 11) is 0. The molecule has 0 bridgehead atoms. The Labute approximate surface area is 68.8 Å². The molecule has 0 aliphatic rings. The topological polar surface area (TPSA) is 106 Å². The summed E-state index contributed by atoms with van der Waals surface area (Å²) in [6, 6.07) is 0. The molecule has 10 heavy (non-hydrogen) atoms. The molecule has 5 nitrogen and oxygen atoms in total. The largest absolute Gasteiger partial charge is 0.481 e. The molecule has 64 valence electrons. The summed E-state index contributed by atoms with van der Waals surface area (Å²) in [5.74, 6) is -1.67. The predicted octanol–water partition coefficient (Wildman–Crippen LogP) is -0.645. The predicted molar refractivity (Wildman–Crippen MR) is 30.2 cm³/mol. The number of carboxylic acid groups (broad SMARTS) is 2. The molecule has 0 aromatic rings. The third-order valence-corrected chi connectivity index (χ3v) is 0. The van der Waals surface area contributed by atoms with Crippen LogP contribution in [0.25, 0.3) is 0 Å². The van der Waals surface area contributed by atoms with Crippen molar-refractivity contribution in [3.8, 4) is 0 Å². The van der Waals surface area contributed by atoms with Gasteiger partial charge >= 0.3 is 0 Å². The Morgan fingerprint density at radius 2 is 1.00 bits per heavy atom. The maximum atomic E-state index is 9.00. The average molecular weight is 194 g/mol. The first-order valence-electron chi connectivity index (χ1n) is 1.86. The molecule has 4 N–H and O–H groups in total. The van der Waals surface area contributed by atoms with Gasteiger partial charge in [-0.3, -0.25) is 9.59 Å². The second-order valence-corrected chi connectivity index (χ2v) is 1.04. The Hall–Kier alpha value is -0.581. The van der Waals surface area contributed by atoms with Crippen molar-refractivity contribution in [3.05, 3.63) is 0 Å². The van der Waals surface area contributed by atoms with E-state index in [2.05, 4.69) is 0 Å². The Morgan fingerprint density at radius 3 is 1.00 bits per heavy atom. The molecule has 0 aliphatic carbocycles. The first kappa shape index (κ1) is 22.7. The molecule has 0 fully saturated rings. The van der Waals surface area contributed by atoms with Crippen molar-refractivity contribution in [3.63, 3.8) is 0 Å². The first-order valence-corrected chi connectivity index (χ1v) is 1.86. The van der Waals surface area contributed by atoms with Crippen LogP contribution >= 0.6 is 0 Å². The van der Waals surface area contributed by atoms with Gasteiger partial charge in [-0.15, -0.1) is 0 Å². The summed E-state index contributed by atoms with van der Waals surface area (Å²) in [6.45, 7) is 2.17. The fourth-order valence-corrected chi connectivity index (χ4v) is 0. The molecule has 0 spiro atoms. The zero-order chi connectivity index (χ0) is 7.15. The summed E-state index contributed by atoms with van der Waals surface area (Å²) in [6.07, 6.45) is 0. The van der Waals surface area contributed by atoms with E-state index in [0.717, 1.165) is 13.8 Å². The number of carbonyl (C=O) groups is 2. The zero-order valence-corrected chi connectivity index (χ0v) is 6.67. The second-order valence-electron chi connectivity index (χ2n) is 1.04. The van der Waals surface area contributed by atoms with Crippen LogP contribution in [0.1, 0.15) is 13.8 Å². The van der Waals surface area contributed by atoms with E-state index >= 15 is 0 Å². The molecule has 0 saturated carbocycles. The van der Waals surface area contributed by atoms with Gasteiger partial charge in [0.05, 0.1) is 0 Å².